The molecule has 1 fully saturated rings. The van der Waals surface area contributed by atoms with Crippen LogP contribution in [0.15, 0.2) is 36.4 Å². The predicted octanol–water partition coefficient (Wildman–Crippen LogP) is 6.68. The van der Waals surface area contributed by atoms with Gasteiger partial charge >= 0.3 is 0 Å². The summed E-state index contributed by atoms with van der Waals surface area (Å²) in [6, 6.07) is 10.4. The summed E-state index contributed by atoms with van der Waals surface area (Å²) in [5.74, 6) is -1.85. The van der Waals surface area contributed by atoms with Gasteiger partial charge in [-0.2, -0.15) is 4.39 Å². The maximum atomic E-state index is 14.5. The van der Waals surface area contributed by atoms with Gasteiger partial charge in [0.2, 0.25) is 5.82 Å². The molecule has 164 valence electrons. The zero-order chi connectivity index (χ0) is 21.3. The summed E-state index contributed by atoms with van der Waals surface area (Å²) in [6.45, 7) is 5.69. The largest absolute Gasteiger partial charge is 0.490 e. The fourth-order valence-electron chi connectivity index (χ4n) is 3.65. The molecule has 1 aliphatic rings. The molecule has 0 spiro atoms. The number of ether oxygens (including phenoxy) is 3. The third kappa shape index (κ3) is 6.02. The minimum Gasteiger partial charge on any atom is -0.490 e. The third-order valence-corrected chi connectivity index (χ3v) is 5.49. The monoisotopic (exact) mass is 418 g/mol. The van der Waals surface area contributed by atoms with E-state index in [1.165, 1.54) is 6.07 Å². The van der Waals surface area contributed by atoms with Crippen LogP contribution in [0.3, 0.4) is 0 Å². The minimum absolute atomic E-state index is 0.0365. The van der Waals surface area contributed by atoms with Crippen molar-refractivity contribution < 1.29 is 23.0 Å². The van der Waals surface area contributed by atoms with Crippen LogP contribution in [-0.2, 0) is 16.1 Å². The first kappa shape index (κ1) is 22.7. The molecule has 5 heteroatoms. The van der Waals surface area contributed by atoms with E-state index in [0.717, 1.165) is 44.1 Å². The van der Waals surface area contributed by atoms with Crippen LogP contribution in [0, 0.1) is 11.6 Å². The second-order valence-electron chi connectivity index (χ2n) is 7.89. The lowest BCUT2D eigenvalue weighted by Gasteiger charge is -2.29. The molecule has 1 heterocycles. The van der Waals surface area contributed by atoms with Crippen LogP contribution in [0.2, 0.25) is 0 Å². The molecule has 3 nitrogen and oxygen atoms in total. The van der Waals surface area contributed by atoms with E-state index in [1.54, 1.807) is 18.2 Å². The molecule has 0 radical (unpaired) electrons. The third-order valence-electron chi connectivity index (χ3n) is 5.49. The van der Waals surface area contributed by atoms with Gasteiger partial charge < -0.3 is 14.2 Å². The highest BCUT2D eigenvalue weighted by Gasteiger charge is 2.21. The Morgan fingerprint density at radius 2 is 1.77 bits per heavy atom. The Labute approximate surface area is 178 Å². The maximum absolute atomic E-state index is 14.5. The van der Waals surface area contributed by atoms with Gasteiger partial charge in [-0.15, -0.1) is 0 Å². The lowest BCUT2D eigenvalue weighted by Crippen LogP contribution is -2.31. The van der Waals surface area contributed by atoms with Crippen LogP contribution < -0.4 is 4.74 Å². The molecule has 0 amide bonds. The van der Waals surface area contributed by atoms with Crippen LogP contribution in [0.25, 0.3) is 11.1 Å². The predicted molar refractivity (Wildman–Crippen MR) is 115 cm³/mol. The molecule has 30 heavy (non-hydrogen) atoms. The number of benzene rings is 2. The molecule has 0 saturated carbocycles. The Bertz CT molecular complexity index is 784. The van der Waals surface area contributed by atoms with E-state index >= 15 is 0 Å². The minimum atomic E-state index is -0.935. The molecule has 2 aromatic carbocycles. The SMILES string of the molecule is CCCCOc1ccc(-c2ccc(COC3CCC(CCC)OC3)cc2)c(F)c1F. The summed E-state index contributed by atoms with van der Waals surface area (Å²) in [4.78, 5) is 0. The lowest BCUT2D eigenvalue weighted by molar-refractivity contribution is -0.0924. The second kappa shape index (κ2) is 11.4. The normalized spacial score (nSPS) is 19.1. The van der Waals surface area contributed by atoms with Crippen molar-refractivity contribution in [3.8, 4) is 16.9 Å². The van der Waals surface area contributed by atoms with Crippen molar-refractivity contribution in [1.29, 1.82) is 0 Å². The zero-order valence-corrected chi connectivity index (χ0v) is 18.0. The first-order chi connectivity index (χ1) is 14.6. The van der Waals surface area contributed by atoms with E-state index < -0.39 is 11.6 Å². The van der Waals surface area contributed by atoms with E-state index in [-0.39, 0.29) is 17.4 Å². The molecule has 0 aliphatic carbocycles. The number of hydrogen-bond acceptors (Lipinski definition) is 3. The van der Waals surface area contributed by atoms with Gasteiger partial charge in [0.1, 0.15) is 0 Å². The summed E-state index contributed by atoms with van der Waals surface area (Å²) in [5, 5.41) is 0. The van der Waals surface area contributed by atoms with Gasteiger partial charge in [0.15, 0.2) is 11.6 Å². The molecule has 3 rings (SSSR count). The molecule has 0 N–H and O–H groups in total. The Hall–Kier alpha value is -1.98. The number of rotatable bonds is 10. The lowest BCUT2D eigenvalue weighted by atomic mass is 10.0. The van der Waals surface area contributed by atoms with Crippen LogP contribution in [0.4, 0.5) is 8.78 Å². The van der Waals surface area contributed by atoms with Gasteiger partial charge in [-0.1, -0.05) is 51.0 Å². The summed E-state index contributed by atoms with van der Waals surface area (Å²) in [5.41, 5.74) is 1.85. The highest BCUT2D eigenvalue weighted by Crippen LogP contribution is 2.30. The van der Waals surface area contributed by atoms with Crippen LogP contribution in [-0.4, -0.2) is 25.4 Å². The van der Waals surface area contributed by atoms with Gasteiger partial charge in [-0.05, 0) is 48.9 Å². The van der Waals surface area contributed by atoms with E-state index in [1.807, 2.05) is 19.1 Å². The molecule has 2 unspecified atom stereocenters. The molecule has 2 atom stereocenters. The highest BCUT2D eigenvalue weighted by atomic mass is 19.2. The van der Waals surface area contributed by atoms with E-state index in [9.17, 15) is 8.78 Å². The Kier molecular flexibility index (Phi) is 8.64. The Morgan fingerprint density at radius 3 is 2.43 bits per heavy atom. The quantitative estimate of drug-likeness (QED) is 0.403. The van der Waals surface area contributed by atoms with Crippen LogP contribution in [0.5, 0.6) is 5.75 Å². The van der Waals surface area contributed by atoms with Gasteiger partial charge in [0, 0.05) is 5.56 Å². The molecular formula is C25H32F2O3. The van der Waals surface area contributed by atoms with Crippen LogP contribution in [0.1, 0.15) is 57.9 Å². The molecule has 0 bridgehead atoms. The zero-order valence-electron chi connectivity index (χ0n) is 18.0. The van der Waals surface area contributed by atoms with Crippen molar-refractivity contribution in [3.63, 3.8) is 0 Å². The van der Waals surface area contributed by atoms with Crippen molar-refractivity contribution in [1.82, 2.24) is 0 Å². The van der Waals surface area contributed by atoms with Gasteiger partial charge in [-0.25, -0.2) is 4.39 Å². The average Bonchev–Trinajstić information content (AvgIpc) is 2.77. The summed E-state index contributed by atoms with van der Waals surface area (Å²) in [7, 11) is 0. The second-order valence-corrected chi connectivity index (χ2v) is 7.89. The maximum Gasteiger partial charge on any atom is 0.201 e. The summed E-state index contributed by atoms with van der Waals surface area (Å²) in [6.07, 6.45) is 6.53. The van der Waals surface area contributed by atoms with Crippen molar-refractivity contribution in [2.75, 3.05) is 13.2 Å². The first-order valence-electron chi connectivity index (χ1n) is 11.1. The average molecular weight is 419 g/mol. The van der Waals surface area contributed by atoms with Crippen LogP contribution >= 0.6 is 0 Å². The van der Waals surface area contributed by atoms with E-state index in [4.69, 9.17) is 14.2 Å². The molecule has 0 aromatic heterocycles. The standard InChI is InChI=1S/C25H32F2O3/c1-3-5-15-28-23-14-13-22(24(26)25(23)27)19-9-7-18(8-10-19)16-29-21-12-11-20(6-4-2)30-17-21/h7-10,13-14,20-21H,3-6,11-12,15-17H2,1-2H3. The van der Waals surface area contributed by atoms with Crippen molar-refractivity contribution >= 4 is 0 Å². The van der Waals surface area contributed by atoms with Crippen molar-refractivity contribution in [2.24, 2.45) is 0 Å². The molecular weight excluding hydrogens is 386 g/mol. The van der Waals surface area contributed by atoms with Gasteiger partial charge in [-0.3, -0.25) is 0 Å². The Balaban J connectivity index is 1.56. The molecule has 1 saturated heterocycles. The van der Waals surface area contributed by atoms with Crippen molar-refractivity contribution in [3.05, 3.63) is 53.6 Å². The fourth-order valence-corrected chi connectivity index (χ4v) is 3.65. The summed E-state index contributed by atoms with van der Waals surface area (Å²) < 4.78 is 46.0. The fraction of sp³-hybridized carbons (Fsp3) is 0.520. The number of unbranched alkanes of at least 4 members (excludes halogenated alkanes) is 1. The summed E-state index contributed by atoms with van der Waals surface area (Å²) >= 11 is 0. The smallest absolute Gasteiger partial charge is 0.201 e. The molecule has 2 aromatic rings. The van der Waals surface area contributed by atoms with E-state index in [2.05, 4.69) is 6.92 Å². The number of hydrogen-bond donors (Lipinski definition) is 0. The van der Waals surface area contributed by atoms with Gasteiger partial charge in [0.25, 0.3) is 0 Å². The topological polar surface area (TPSA) is 27.7 Å². The van der Waals surface area contributed by atoms with E-state index in [0.29, 0.717) is 31.5 Å². The first-order valence-corrected chi connectivity index (χ1v) is 11.1. The number of halogens is 2. The highest BCUT2D eigenvalue weighted by molar-refractivity contribution is 5.65. The molecule has 1 aliphatic heterocycles. The van der Waals surface area contributed by atoms with Crippen molar-refractivity contribution in [2.45, 2.75) is 71.2 Å². The van der Waals surface area contributed by atoms with Gasteiger partial charge in [0.05, 0.1) is 32.0 Å². The Morgan fingerprint density at radius 1 is 0.967 bits per heavy atom.